The fourth-order valence-electron chi connectivity index (χ4n) is 0.830. The van der Waals surface area contributed by atoms with Crippen LogP contribution in [-0.4, -0.2) is 11.1 Å². The number of halogens is 1. The third-order valence-corrected chi connectivity index (χ3v) is 2.14. The minimum absolute atomic E-state index is 0.233. The first-order valence-corrected chi connectivity index (χ1v) is 4.90. The highest BCUT2D eigenvalue weighted by atomic mass is 79.9. The Morgan fingerprint density at radius 3 is 2.85 bits per heavy atom. The molecule has 0 radical (unpaired) electrons. The quantitative estimate of drug-likeness (QED) is 0.889. The molecule has 3 nitrogen and oxygen atoms in total. The molecule has 13 heavy (non-hydrogen) atoms. The van der Waals surface area contributed by atoms with Crippen molar-refractivity contribution in [3.05, 3.63) is 22.3 Å². The van der Waals surface area contributed by atoms with Crippen LogP contribution in [0.25, 0.3) is 0 Å². The highest BCUT2D eigenvalue weighted by molar-refractivity contribution is 9.10. The van der Waals surface area contributed by atoms with Gasteiger partial charge in [0.05, 0.1) is 17.2 Å². The molecule has 0 amide bonds. The van der Waals surface area contributed by atoms with Crippen molar-refractivity contribution >= 4 is 21.7 Å². The van der Waals surface area contributed by atoms with Gasteiger partial charge in [-0.25, -0.2) is 4.98 Å². The predicted molar refractivity (Wildman–Crippen MR) is 56.3 cm³/mol. The third-order valence-electron chi connectivity index (χ3n) is 1.51. The summed E-state index contributed by atoms with van der Waals surface area (Å²) in [5, 5.41) is 0. The fraction of sp³-hybridized carbons (Fsp3) is 0.444. The highest BCUT2D eigenvalue weighted by Crippen LogP contribution is 2.18. The summed E-state index contributed by atoms with van der Waals surface area (Å²) in [4.78, 5) is 4.01. The second-order valence-electron chi connectivity index (χ2n) is 3.07. The van der Waals surface area contributed by atoms with E-state index in [1.807, 2.05) is 19.9 Å². The zero-order chi connectivity index (χ0) is 9.84. The first-order valence-electron chi connectivity index (χ1n) is 4.11. The van der Waals surface area contributed by atoms with Gasteiger partial charge in [-0.15, -0.1) is 0 Å². The van der Waals surface area contributed by atoms with Gasteiger partial charge in [0, 0.05) is 6.20 Å². The van der Waals surface area contributed by atoms with Crippen LogP contribution < -0.4 is 5.73 Å². The Kier molecular flexibility index (Phi) is 3.69. The van der Waals surface area contributed by atoms with E-state index >= 15 is 0 Å². The number of pyridine rings is 1. The number of ether oxygens (including phenoxy) is 1. The SMILES string of the molecule is CC(C)OCc1cnc(N)c(Br)c1. The molecule has 0 aromatic carbocycles. The number of nitrogen functional groups attached to an aromatic ring is 1. The van der Waals surface area contributed by atoms with Crippen molar-refractivity contribution in [2.24, 2.45) is 0 Å². The Balaban J connectivity index is 2.63. The third kappa shape index (κ3) is 3.32. The Morgan fingerprint density at radius 2 is 2.31 bits per heavy atom. The normalized spacial score (nSPS) is 10.8. The molecule has 72 valence electrons. The number of aromatic nitrogens is 1. The van der Waals surface area contributed by atoms with Crippen LogP contribution in [0.4, 0.5) is 5.82 Å². The van der Waals surface area contributed by atoms with Crippen LogP contribution in [0.5, 0.6) is 0 Å². The Labute approximate surface area is 86.4 Å². The molecule has 0 saturated carbocycles. The molecule has 0 aliphatic carbocycles. The van der Waals surface area contributed by atoms with Crippen LogP contribution in [0.15, 0.2) is 16.7 Å². The maximum atomic E-state index is 5.55. The van der Waals surface area contributed by atoms with Gasteiger partial charge in [0.15, 0.2) is 0 Å². The van der Waals surface area contributed by atoms with E-state index in [0.717, 1.165) is 10.0 Å². The van der Waals surface area contributed by atoms with Gasteiger partial charge in [-0.05, 0) is 41.4 Å². The van der Waals surface area contributed by atoms with Gasteiger partial charge in [0.25, 0.3) is 0 Å². The summed E-state index contributed by atoms with van der Waals surface area (Å²) < 4.78 is 6.24. The maximum Gasteiger partial charge on any atom is 0.137 e. The molecule has 1 heterocycles. The van der Waals surface area contributed by atoms with Crippen LogP contribution in [0.1, 0.15) is 19.4 Å². The Morgan fingerprint density at radius 1 is 1.62 bits per heavy atom. The molecule has 1 aromatic rings. The number of hydrogen-bond donors (Lipinski definition) is 1. The number of hydrogen-bond acceptors (Lipinski definition) is 3. The second kappa shape index (κ2) is 4.58. The van der Waals surface area contributed by atoms with Gasteiger partial charge < -0.3 is 10.5 Å². The Hall–Kier alpha value is -0.610. The fourth-order valence-corrected chi connectivity index (χ4v) is 1.23. The molecule has 4 heteroatoms. The molecule has 0 bridgehead atoms. The van der Waals surface area contributed by atoms with E-state index in [1.54, 1.807) is 6.20 Å². The summed E-state index contributed by atoms with van der Waals surface area (Å²) in [7, 11) is 0. The summed E-state index contributed by atoms with van der Waals surface area (Å²) in [6.45, 7) is 4.57. The molecule has 1 aromatic heterocycles. The van der Waals surface area contributed by atoms with E-state index in [0.29, 0.717) is 12.4 Å². The lowest BCUT2D eigenvalue weighted by molar-refractivity contribution is 0.0655. The molecule has 0 atom stereocenters. The summed E-state index contributed by atoms with van der Waals surface area (Å²) in [5.41, 5.74) is 6.57. The molecular formula is C9H13BrN2O. The van der Waals surface area contributed by atoms with E-state index in [-0.39, 0.29) is 6.10 Å². The largest absolute Gasteiger partial charge is 0.383 e. The maximum absolute atomic E-state index is 5.55. The molecule has 0 aliphatic rings. The molecular weight excluding hydrogens is 232 g/mol. The van der Waals surface area contributed by atoms with E-state index in [1.165, 1.54) is 0 Å². The summed E-state index contributed by atoms with van der Waals surface area (Å²) in [6.07, 6.45) is 1.96. The van der Waals surface area contributed by atoms with Gasteiger partial charge in [-0.2, -0.15) is 0 Å². The highest BCUT2D eigenvalue weighted by Gasteiger charge is 2.00. The van der Waals surface area contributed by atoms with Crippen molar-refractivity contribution in [1.29, 1.82) is 0 Å². The zero-order valence-electron chi connectivity index (χ0n) is 7.75. The number of rotatable bonds is 3. The standard InChI is InChI=1S/C9H13BrN2O/c1-6(2)13-5-7-3-8(10)9(11)12-4-7/h3-4,6H,5H2,1-2H3,(H2,11,12). The molecule has 0 saturated heterocycles. The van der Waals surface area contributed by atoms with Crippen molar-refractivity contribution in [1.82, 2.24) is 4.98 Å². The molecule has 2 N–H and O–H groups in total. The van der Waals surface area contributed by atoms with E-state index < -0.39 is 0 Å². The van der Waals surface area contributed by atoms with Crippen LogP contribution in [0.3, 0.4) is 0 Å². The molecule has 0 unspecified atom stereocenters. The minimum Gasteiger partial charge on any atom is -0.383 e. The van der Waals surface area contributed by atoms with Gasteiger partial charge in [-0.3, -0.25) is 0 Å². The lowest BCUT2D eigenvalue weighted by Crippen LogP contribution is -2.03. The van der Waals surface area contributed by atoms with Crippen molar-refractivity contribution in [3.63, 3.8) is 0 Å². The van der Waals surface area contributed by atoms with Gasteiger partial charge in [0.2, 0.25) is 0 Å². The first kappa shape index (κ1) is 10.5. The smallest absolute Gasteiger partial charge is 0.137 e. The topological polar surface area (TPSA) is 48.1 Å². The average molecular weight is 245 g/mol. The molecule has 1 rings (SSSR count). The van der Waals surface area contributed by atoms with Crippen molar-refractivity contribution < 1.29 is 4.74 Å². The monoisotopic (exact) mass is 244 g/mol. The van der Waals surface area contributed by atoms with Crippen LogP contribution in [0, 0.1) is 0 Å². The molecule has 0 spiro atoms. The van der Waals surface area contributed by atoms with E-state index in [4.69, 9.17) is 10.5 Å². The molecule has 0 fully saturated rings. The lowest BCUT2D eigenvalue weighted by Gasteiger charge is -2.07. The number of nitrogens with zero attached hydrogens (tertiary/aromatic N) is 1. The lowest BCUT2D eigenvalue weighted by atomic mass is 10.3. The van der Waals surface area contributed by atoms with Crippen LogP contribution in [0.2, 0.25) is 0 Å². The Bertz CT molecular complexity index is 289. The van der Waals surface area contributed by atoms with Crippen molar-refractivity contribution in [3.8, 4) is 0 Å². The summed E-state index contributed by atoms with van der Waals surface area (Å²) >= 11 is 3.31. The van der Waals surface area contributed by atoms with Gasteiger partial charge in [0.1, 0.15) is 5.82 Å². The van der Waals surface area contributed by atoms with E-state index in [2.05, 4.69) is 20.9 Å². The van der Waals surface area contributed by atoms with Crippen molar-refractivity contribution in [2.75, 3.05) is 5.73 Å². The summed E-state index contributed by atoms with van der Waals surface area (Å²) in [6, 6.07) is 1.92. The minimum atomic E-state index is 0.233. The number of nitrogens with two attached hydrogens (primary N) is 1. The van der Waals surface area contributed by atoms with Crippen LogP contribution >= 0.6 is 15.9 Å². The van der Waals surface area contributed by atoms with Gasteiger partial charge in [-0.1, -0.05) is 0 Å². The zero-order valence-corrected chi connectivity index (χ0v) is 9.34. The number of anilines is 1. The molecule has 0 aliphatic heterocycles. The predicted octanol–water partition coefficient (Wildman–Crippen LogP) is 2.35. The van der Waals surface area contributed by atoms with Crippen molar-refractivity contribution in [2.45, 2.75) is 26.6 Å². The van der Waals surface area contributed by atoms with Gasteiger partial charge >= 0.3 is 0 Å². The second-order valence-corrected chi connectivity index (χ2v) is 3.92. The van der Waals surface area contributed by atoms with Crippen LogP contribution in [-0.2, 0) is 11.3 Å². The summed E-state index contributed by atoms with van der Waals surface area (Å²) in [5.74, 6) is 0.508. The van der Waals surface area contributed by atoms with E-state index in [9.17, 15) is 0 Å². The average Bonchev–Trinajstić information content (AvgIpc) is 2.07. The first-order chi connectivity index (χ1) is 6.09.